The Bertz CT molecular complexity index is 4050. The minimum Gasteiger partial charge on any atom is -0.508 e. The summed E-state index contributed by atoms with van der Waals surface area (Å²) in [7, 11) is 0. The largest absolute Gasteiger partial charge is 0.508 e. The second kappa shape index (κ2) is 49.0. The van der Waals surface area contributed by atoms with E-state index < -0.39 is 237 Å². The lowest BCUT2D eigenvalue weighted by molar-refractivity contribution is -0.142. The molecule has 16 atom stereocenters. The van der Waals surface area contributed by atoms with Crippen LogP contribution in [0.1, 0.15) is 102 Å². The minimum absolute atomic E-state index is 0.0105. The third-order valence-electron chi connectivity index (χ3n) is 18.7. The van der Waals surface area contributed by atoms with E-state index in [4.69, 9.17) is 5.73 Å². The molecule has 4 aromatic rings. The Kier molecular flexibility index (Phi) is 40.8. The molecule has 40 heteroatoms. The first kappa shape index (κ1) is 97.4. The second-order valence-electron chi connectivity index (χ2n) is 27.9. The van der Waals surface area contributed by atoms with Gasteiger partial charge in [0.05, 0.1) is 38.3 Å². The van der Waals surface area contributed by atoms with E-state index in [0.29, 0.717) is 22.4 Å². The predicted octanol–water partition coefficient (Wildman–Crippen LogP) is -4.01. The van der Waals surface area contributed by atoms with Gasteiger partial charge in [0, 0.05) is 25.7 Å². The summed E-state index contributed by atoms with van der Waals surface area (Å²) < 4.78 is 0. The Hall–Kier alpha value is -12.0. The van der Waals surface area contributed by atoms with Crippen LogP contribution < -0.4 is 74.9 Å². The predicted molar refractivity (Wildman–Crippen MR) is 420 cm³/mol. The van der Waals surface area contributed by atoms with Crippen LogP contribution in [-0.2, 0) is 102 Å². The number of nitrogens with two attached hydrogens (primary N) is 1. The molecule has 0 saturated carbocycles. The van der Waals surface area contributed by atoms with Crippen LogP contribution in [0.3, 0.4) is 0 Å². The van der Waals surface area contributed by atoms with Gasteiger partial charge < -0.3 is 121 Å². The maximum absolute atomic E-state index is 14.6. The molecule has 0 spiro atoms. The van der Waals surface area contributed by atoms with E-state index in [-0.39, 0.29) is 61.3 Å². The maximum Gasteiger partial charge on any atom is 0.326 e. The van der Waals surface area contributed by atoms with E-state index in [1.54, 1.807) is 57.4 Å². The molecule has 0 bridgehead atoms. The van der Waals surface area contributed by atoms with Crippen molar-refractivity contribution in [3.8, 4) is 17.2 Å². The Balaban J connectivity index is 1.53. The zero-order valence-electron chi connectivity index (χ0n) is 65.5. The number of carbonyl (C=O) groups is 16. The number of carbonyl (C=O) groups excluding carboxylic acids is 13. The number of benzene rings is 4. The number of aromatic hydroxyl groups is 3. The first-order valence-electron chi connectivity index (χ1n) is 37.4. The highest BCUT2D eigenvalue weighted by Gasteiger charge is 2.39. The van der Waals surface area contributed by atoms with Gasteiger partial charge in [-0.15, -0.1) is 0 Å². The molecular formula is C77H106N14O25S. The molecule has 0 saturated heterocycles. The van der Waals surface area contributed by atoms with E-state index in [9.17, 15) is 123 Å². The Morgan fingerprint density at radius 2 is 0.752 bits per heavy atom. The number of hydrogen-bond acceptors (Lipinski definition) is 24. The Labute approximate surface area is 677 Å². The molecule has 4 rings (SSSR count). The molecule has 0 aliphatic carbocycles. The van der Waals surface area contributed by atoms with Crippen LogP contribution in [0.25, 0.3) is 0 Å². The molecule has 0 aromatic heterocycles. The number of phenolic OH excluding ortho intramolecular Hbond substituents is 3. The number of carboxylic acid groups (broad SMARTS) is 3. The molecule has 640 valence electrons. The van der Waals surface area contributed by atoms with Crippen LogP contribution in [0.15, 0.2) is 103 Å². The molecular weight excluding hydrogens is 1550 g/mol. The number of aliphatic hydroxyl groups excluding tert-OH is 3. The van der Waals surface area contributed by atoms with Crippen LogP contribution in [0.5, 0.6) is 17.2 Å². The van der Waals surface area contributed by atoms with E-state index in [2.05, 4.69) is 69.1 Å². The van der Waals surface area contributed by atoms with E-state index in [0.717, 1.165) is 6.92 Å². The van der Waals surface area contributed by atoms with Crippen molar-refractivity contribution in [2.45, 2.75) is 190 Å². The number of thioether (sulfide) groups is 1. The molecule has 0 radical (unpaired) electrons. The van der Waals surface area contributed by atoms with Crippen molar-refractivity contribution in [1.82, 2.24) is 69.1 Å². The van der Waals surface area contributed by atoms with Gasteiger partial charge in [0.1, 0.15) is 89.8 Å². The third kappa shape index (κ3) is 33.4. The number of carboxylic acids is 3. The zero-order chi connectivity index (χ0) is 87.3. The number of aliphatic carboxylic acids is 3. The summed E-state index contributed by atoms with van der Waals surface area (Å²) in [5.41, 5.74) is 7.69. The Morgan fingerprint density at radius 1 is 0.385 bits per heavy atom. The summed E-state index contributed by atoms with van der Waals surface area (Å²) in [5.74, 6) is -20.5. The van der Waals surface area contributed by atoms with Crippen LogP contribution in [0.4, 0.5) is 0 Å². The summed E-state index contributed by atoms with van der Waals surface area (Å²) >= 11 is 1.33. The van der Waals surface area contributed by atoms with Gasteiger partial charge >= 0.3 is 17.9 Å². The third-order valence-corrected chi connectivity index (χ3v) is 19.3. The summed E-state index contributed by atoms with van der Waals surface area (Å²) in [6, 6.07) is 2.85. The average molecular weight is 1660 g/mol. The maximum atomic E-state index is 14.6. The molecule has 4 aromatic carbocycles. The van der Waals surface area contributed by atoms with Crippen LogP contribution >= 0.6 is 11.8 Å². The number of hydrogen-bond donors (Lipinski definition) is 23. The van der Waals surface area contributed by atoms with Crippen LogP contribution in [-0.4, -0.2) is 257 Å². The molecule has 13 amide bonds. The van der Waals surface area contributed by atoms with Gasteiger partial charge in [-0.1, -0.05) is 107 Å². The van der Waals surface area contributed by atoms with Gasteiger partial charge in [-0.25, -0.2) is 4.79 Å². The summed E-state index contributed by atoms with van der Waals surface area (Å²) in [5, 5.41) is 122. The molecule has 0 unspecified atom stereocenters. The van der Waals surface area contributed by atoms with Crippen molar-refractivity contribution in [3.63, 3.8) is 0 Å². The quantitative estimate of drug-likeness (QED) is 0.0200. The fourth-order valence-corrected chi connectivity index (χ4v) is 11.9. The molecule has 0 fully saturated rings. The Morgan fingerprint density at radius 3 is 1.17 bits per heavy atom. The lowest BCUT2D eigenvalue weighted by Gasteiger charge is -2.30. The molecule has 0 aliphatic heterocycles. The van der Waals surface area contributed by atoms with Gasteiger partial charge in [-0.05, 0) is 116 Å². The number of phenols is 3. The molecule has 39 nitrogen and oxygen atoms in total. The van der Waals surface area contributed by atoms with E-state index >= 15 is 0 Å². The minimum atomic E-state index is -2.15. The van der Waals surface area contributed by atoms with Gasteiger partial charge in [0.15, 0.2) is 0 Å². The molecule has 0 heterocycles. The van der Waals surface area contributed by atoms with Gasteiger partial charge in [0.25, 0.3) is 0 Å². The van der Waals surface area contributed by atoms with Crippen LogP contribution in [0, 0.1) is 11.8 Å². The van der Waals surface area contributed by atoms with Crippen molar-refractivity contribution in [2.75, 3.05) is 31.8 Å². The lowest BCUT2D eigenvalue weighted by Crippen LogP contribution is -2.63. The van der Waals surface area contributed by atoms with Gasteiger partial charge in [-0.2, -0.15) is 11.8 Å². The van der Waals surface area contributed by atoms with Crippen molar-refractivity contribution in [1.29, 1.82) is 0 Å². The summed E-state index contributed by atoms with van der Waals surface area (Å²) in [6.45, 7) is 5.32. The highest BCUT2D eigenvalue weighted by molar-refractivity contribution is 7.98. The van der Waals surface area contributed by atoms with Gasteiger partial charge in [0.2, 0.25) is 76.8 Å². The first-order chi connectivity index (χ1) is 55.3. The lowest BCUT2D eigenvalue weighted by atomic mass is 9.96. The zero-order valence-corrected chi connectivity index (χ0v) is 66.3. The summed E-state index contributed by atoms with van der Waals surface area (Å²) in [6.07, 6.45) is -3.09. The molecule has 24 N–H and O–H groups in total. The molecule has 0 aliphatic rings. The van der Waals surface area contributed by atoms with Crippen molar-refractivity contribution >= 4 is 106 Å². The number of amides is 13. The van der Waals surface area contributed by atoms with E-state index in [1.165, 1.54) is 98.4 Å². The number of nitrogens with one attached hydrogen (secondary N) is 13. The van der Waals surface area contributed by atoms with Crippen molar-refractivity contribution < 1.29 is 123 Å². The second-order valence-corrected chi connectivity index (χ2v) is 28.9. The SMILES string of the molecule is CC[C@H](C)[C@H](NC(=O)[C@H](CO)NC(=O)[C@H](Cc1ccc(O)cc1)NC(=O)[C@H](CC(=O)O)NC(=O)[C@H](CO)NC(=O)[C@@H](NC(=O)[C@H](Cc1ccccc1)NC(=O)[C@@H](NC(=O)CNC(=O)[C@H](CCC(=O)O)NC(=O)[C@H](C)NC(=O)[C@@H](N)Cc1ccc(O)cc1)[C@@H](C)O)[C@@H](C)CC)C(=O)N[C@@H](Cc1ccc(O)cc1)C(=O)N[C@@H](CCSC)C(=O)O. The van der Waals surface area contributed by atoms with E-state index in [1.807, 2.05) is 0 Å². The average Bonchev–Trinajstić information content (AvgIpc) is 0.844. The number of rotatable bonds is 50. The number of aliphatic hydroxyl groups is 3. The fraction of sp³-hybridized carbons (Fsp3) is 0.481. The fourth-order valence-electron chi connectivity index (χ4n) is 11.4. The van der Waals surface area contributed by atoms with Crippen molar-refractivity contribution in [2.24, 2.45) is 17.6 Å². The monoisotopic (exact) mass is 1660 g/mol. The van der Waals surface area contributed by atoms with Crippen LogP contribution in [0.2, 0.25) is 0 Å². The normalized spacial score (nSPS) is 15.2. The smallest absolute Gasteiger partial charge is 0.326 e. The van der Waals surface area contributed by atoms with Gasteiger partial charge in [-0.3, -0.25) is 71.9 Å². The highest BCUT2D eigenvalue weighted by Crippen LogP contribution is 2.19. The molecule has 117 heavy (non-hydrogen) atoms. The summed E-state index contributed by atoms with van der Waals surface area (Å²) in [4.78, 5) is 218. The topological polar surface area (TPSA) is 638 Å². The standard InChI is InChI=1S/C77H106N14O25S/c1-8-39(3)62(74(112)85-54(34-46-19-25-49(97)26-20-46)68(106)82-52(77(115)116)29-30-117-7)91-73(111)58(38-93)87-69(107)53(33-45-17-23-48(96)24-18-45)83-70(108)56(35-61(101)102)84-72(110)57(37-92)88-75(113)63(40(4)9-2)90-71(109)55(32-43-13-11-10-12-14-43)86-76(114)64(42(6)94)89-59(98)36-79-67(105)51(27-28-60(99)100)81-65(103)41(5)80-66(104)50(78)31-44-15-21-47(95)22-16-44/h10-26,39-42,50-58,62-64,92-97H,8-9,27-38,78H2,1-7H3,(H,79,105)(H,80,104)(H,81,103)(H,82,106)(H,83,108)(H,84,110)(H,85,112)(H,86,114)(H,87,107)(H,88,113)(H,89,98)(H,90,109)(H,91,111)(H,99,100)(H,101,102)(H,115,116)/t39-,40-,41-,42+,50-,51-,52-,53-,54-,55-,56-,57-,58-,62-,63-,64-/m0/s1. The first-order valence-corrected chi connectivity index (χ1v) is 38.8. The highest BCUT2D eigenvalue weighted by atomic mass is 32.2. The van der Waals surface area contributed by atoms with Crippen molar-refractivity contribution in [3.05, 3.63) is 125 Å².